The molecule has 3 N–H and O–H groups in total. The number of carbonyl (C=O) groups excluding carboxylic acids is 1. The van der Waals surface area contributed by atoms with E-state index in [2.05, 4.69) is 5.32 Å². The minimum atomic E-state index is -1.29. The molecule has 0 heterocycles. The number of benzene rings is 1. The molecule has 1 aliphatic carbocycles. The first kappa shape index (κ1) is 13.4. The SMILES string of the molecule is Nc1cccc(Cl)c1CS(=O)CC(=O)NC1CC1. The molecule has 0 saturated heterocycles. The van der Waals surface area contributed by atoms with E-state index in [1.54, 1.807) is 18.2 Å². The summed E-state index contributed by atoms with van der Waals surface area (Å²) in [5, 5.41) is 3.30. The van der Waals surface area contributed by atoms with E-state index in [9.17, 15) is 9.00 Å². The van der Waals surface area contributed by atoms with Crippen LogP contribution < -0.4 is 11.1 Å². The van der Waals surface area contributed by atoms with Crippen LogP contribution in [-0.4, -0.2) is 21.9 Å². The number of rotatable bonds is 5. The van der Waals surface area contributed by atoms with E-state index in [1.165, 1.54) is 0 Å². The van der Waals surface area contributed by atoms with Gasteiger partial charge in [-0.3, -0.25) is 9.00 Å². The highest BCUT2D eigenvalue weighted by atomic mass is 35.5. The van der Waals surface area contributed by atoms with Crippen LogP contribution in [0.15, 0.2) is 18.2 Å². The molecule has 0 bridgehead atoms. The molecular weight excluding hydrogens is 272 g/mol. The number of amides is 1. The summed E-state index contributed by atoms with van der Waals surface area (Å²) in [6.07, 6.45) is 2.05. The summed E-state index contributed by atoms with van der Waals surface area (Å²) in [5.41, 5.74) is 6.93. The Balaban J connectivity index is 1.91. The fraction of sp³-hybridized carbons (Fsp3) is 0.417. The van der Waals surface area contributed by atoms with Gasteiger partial charge in [0.15, 0.2) is 0 Å². The summed E-state index contributed by atoms with van der Waals surface area (Å²) in [7, 11) is -1.29. The van der Waals surface area contributed by atoms with Crippen molar-refractivity contribution in [1.29, 1.82) is 0 Å². The number of anilines is 1. The Kier molecular flexibility index (Phi) is 4.24. The second-order valence-electron chi connectivity index (χ2n) is 4.38. The van der Waals surface area contributed by atoms with Crippen molar-refractivity contribution in [2.45, 2.75) is 24.6 Å². The van der Waals surface area contributed by atoms with Crippen molar-refractivity contribution < 1.29 is 9.00 Å². The highest BCUT2D eigenvalue weighted by Gasteiger charge is 2.24. The molecule has 1 unspecified atom stereocenters. The molecule has 6 heteroatoms. The van der Waals surface area contributed by atoms with Crippen LogP contribution in [0.4, 0.5) is 5.69 Å². The molecule has 1 saturated carbocycles. The minimum Gasteiger partial charge on any atom is -0.398 e. The number of nitrogens with one attached hydrogen (secondary N) is 1. The Morgan fingerprint density at radius 1 is 1.50 bits per heavy atom. The molecule has 0 spiro atoms. The molecular formula is C12H15ClN2O2S. The van der Waals surface area contributed by atoms with Crippen LogP contribution in [0.25, 0.3) is 0 Å². The lowest BCUT2D eigenvalue weighted by atomic mass is 10.2. The van der Waals surface area contributed by atoms with E-state index < -0.39 is 10.8 Å². The lowest BCUT2D eigenvalue weighted by molar-refractivity contribution is -0.118. The van der Waals surface area contributed by atoms with Gasteiger partial charge in [0.2, 0.25) is 5.91 Å². The van der Waals surface area contributed by atoms with Crippen LogP contribution >= 0.6 is 11.6 Å². The van der Waals surface area contributed by atoms with Gasteiger partial charge in [-0.1, -0.05) is 17.7 Å². The molecule has 1 aliphatic rings. The summed E-state index contributed by atoms with van der Waals surface area (Å²) in [6.45, 7) is 0. The second-order valence-corrected chi connectivity index (χ2v) is 6.24. The number of hydrogen-bond donors (Lipinski definition) is 2. The molecule has 1 atom stereocenters. The van der Waals surface area contributed by atoms with Crippen molar-refractivity contribution in [2.75, 3.05) is 11.5 Å². The Hall–Kier alpha value is -1.07. The highest BCUT2D eigenvalue weighted by Crippen LogP contribution is 2.23. The van der Waals surface area contributed by atoms with E-state index in [-0.39, 0.29) is 17.4 Å². The first-order valence-electron chi connectivity index (χ1n) is 5.73. The smallest absolute Gasteiger partial charge is 0.232 e. The van der Waals surface area contributed by atoms with Gasteiger partial charge < -0.3 is 11.1 Å². The van der Waals surface area contributed by atoms with Gasteiger partial charge in [0.05, 0.1) is 5.75 Å². The third-order valence-electron chi connectivity index (χ3n) is 2.69. The molecule has 2 rings (SSSR count). The van der Waals surface area contributed by atoms with Gasteiger partial charge in [0.1, 0.15) is 5.75 Å². The summed E-state index contributed by atoms with van der Waals surface area (Å²) in [5.74, 6) is 0.0477. The van der Waals surface area contributed by atoms with E-state index in [0.717, 1.165) is 12.8 Å². The van der Waals surface area contributed by atoms with Gasteiger partial charge in [-0.25, -0.2) is 0 Å². The molecule has 4 nitrogen and oxygen atoms in total. The molecule has 18 heavy (non-hydrogen) atoms. The molecule has 1 amide bonds. The van der Waals surface area contributed by atoms with Gasteiger partial charge in [-0.15, -0.1) is 0 Å². The molecule has 1 aromatic carbocycles. The number of hydrogen-bond acceptors (Lipinski definition) is 3. The maximum atomic E-state index is 11.9. The zero-order chi connectivity index (χ0) is 13.1. The van der Waals surface area contributed by atoms with Crippen molar-refractivity contribution in [1.82, 2.24) is 5.32 Å². The van der Waals surface area contributed by atoms with Gasteiger partial charge in [0.25, 0.3) is 0 Å². The maximum Gasteiger partial charge on any atom is 0.232 e. The fourth-order valence-electron chi connectivity index (χ4n) is 1.58. The Morgan fingerprint density at radius 2 is 2.22 bits per heavy atom. The molecule has 0 aliphatic heterocycles. The summed E-state index contributed by atoms with van der Waals surface area (Å²) >= 11 is 5.99. The number of carbonyl (C=O) groups is 1. The van der Waals surface area contributed by atoms with Crippen molar-refractivity contribution in [3.05, 3.63) is 28.8 Å². The molecule has 1 fully saturated rings. The largest absolute Gasteiger partial charge is 0.398 e. The number of halogens is 1. The standard InChI is InChI=1S/C12H15ClN2O2S/c13-10-2-1-3-11(14)9(10)6-18(17)7-12(16)15-8-4-5-8/h1-3,8H,4-7,14H2,(H,15,16). The van der Waals surface area contributed by atoms with Crippen molar-refractivity contribution in [3.63, 3.8) is 0 Å². The first-order valence-corrected chi connectivity index (χ1v) is 7.60. The average Bonchev–Trinajstić information content (AvgIpc) is 3.07. The van der Waals surface area contributed by atoms with Crippen molar-refractivity contribution in [3.8, 4) is 0 Å². The fourth-order valence-corrected chi connectivity index (χ4v) is 3.03. The second kappa shape index (κ2) is 5.71. The lowest BCUT2D eigenvalue weighted by Gasteiger charge is -2.08. The van der Waals surface area contributed by atoms with Crippen molar-refractivity contribution in [2.24, 2.45) is 0 Å². The monoisotopic (exact) mass is 286 g/mol. The van der Waals surface area contributed by atoms with Crippen LogP contribution in [0.1, 0.15) is 18.4 Å². The van der Waals surface area contributed by atoms with Gasteiger partial charge >= 0.3 is 0 Å². The zero-order valence-electron chi connectivity index (χ0n) is 9.82. The predicted molar refractivity (Wildman–Crippen MR) is 73.7 cm³/mol. The predicted octanol–water partition coefficient (Wildman–Crippen LogP) is 1.45. The van der Waals surface area contributed by atoms with Gasteiger partial charge in [-0.2, -0.15) is 0 Å². The van der Waals surface area contributed by atoms with Gasteiger partial charge in [0, 0.05) is 33.1 Å². The topological polar surface area (TPSA) is 72.2 Å². The van der Waals surface area contributed by atoms with E-state index in [0.29, 0.717) is 22.3 Å². The average molecular weight is 287 g/mol. The van der Waals surface area contributed by atoms with Crippen LogP contribution in [0, 0.1) is 0 Å². The first-order chi connectivity index (χ1) is 8.56. The summed E-state index contributed by atoms with van der Waals surface area (Å²) in [4.78, 5) is 11.5. The third kappa shape index (κ3) is 3.71. The lowest BCUT2D eigenvalue weighted by Crippen LogP contribution is -2.30. The summed E-state index contributed by atoms with van der Waals surface area (Å²) in [6, 6.07) is 5.45. The van der Waals surface area contributed by atoms with Crippen molar-refractivity contribution >= 4 is 34.0 Å². The van der Waals surface area contributed by atoms with Crippen LogP contribution in [-0.2, 0) is 21.3 Å². The molecule has 0 aromatic heterocycles. The Labute approximate surface area is 113 Å². The number of nitrogens with two attached hydrogens (primary N) is 1. The van der Waals surface area contributed by atoms with Crippen LogP contribution in [0.5, 0.6) is 0 Å². The quantitative estimate of drug-likeness (QED) is 0.805. The van der Waals surface area contributed by atoms with E-state index in [1.807, 2.05) is 0 Å². The third-order valence-corrected chi connectivity index (χ3v) is 4.24. The zero-order valence-corrected chi connectivity index (χ0v) is 11.4. The number of nitrogen functional groups attached to an aromatic ring is 1. The molecule has 0 radical (unpaired) electrons. The Morgan fingerprint density at radius 3 is 2.83 bits per heavy atom. The maximum absolute atomic E-state index is 11.9. The minimum absolute atomic E-state index is 0.00115. The normalized spacial score (nSPS) is 16.3. The van der Waals surface area contributed by atoms with E-state index in [4.69, 9.17) is 17.3 Å². The molecule has 98 valence electrons. The summed E-state index contributed by atoms with van der Waals surface area (Å²) < 4.78 is 11.9. The Bertz CT molecular complexity index is 469. The van der Waals surface area contributed by atoms with Crippen LogP contribution in [0.2, 0.25) is 5.02 Å². The highest BCUT2D eigenvalue weighted by molar-refractivity contribution is 7.84. The van der Waals surface area contributed by atoms with E-state index >= 15 is 0 Å². The molecule has 1 aromatic rings. The van der Waals surface area contributed by atoms with Gasteiger partial charge in [-0.05, 0) is 25.0 Å². The van der Waals surface area contributed by atoms with Crippen LogP contribution in [0.3, 0.4) is 0 Å².